The quantitative estimate of drug-likeness (QED) is 0.807. The number of thiocarbonyl (C=S) groups is 1. The van der Waals surface area contributed by atoms with Crippen molar-refractivity contribution in [2.24, 2.45) is 5.73 Å². The molecule has 1 aromatic rings. The van der Waals surface area contributed by atoms with Gasteiger partial charge in [-0.15, -0.1) is 0 Å². The molecule has 98 valence electrons. The summed E-state index contributed by atoms with van der Waals surface area (Å²) >= 11 is 5.04. The van der Waals surface area contributed by atoms with Crippen molar-refractivity contribution in [3.8, 4) is 0 Å². The maximum Gasteiger partial charge on any atom is 0.225 e. The summed E-state index contributed by atoms with van der Waals surface area (Å²) in [5.41, 5.74) is 6.68. The molecule has 1 saturated heterocycles. The number of aryl methyl sites for hydroxylation is 1. The highest BCUT2D eigenvalue weighted by Gasteiger charge is 2.23. The van der Waals surface area contributed by atoms with Gasteiger partial charge in [-0.05, 0) is 19.9 Å². The van der Waals surface area contributed by atoms with Crippen LogP contribution in [0.4, 0.5) is 5.95 Å². The summed E-state index contributed by atoms with van der Waals surface area (Å²) in [6.07, 6.45) is 1.81. The Labute approximate surface area is 113 Å². The molecule has 0 saturated carbocycles. The highest BCUT2D eigenvalue weighted by molar-refractivity contribution is 7.80. The SMILES string of the molecule is Cc1ccnc(N2CCN(C(C)C(N)=S)CC2)n1. The Hall–Kier alpha value is -1.27. The van der Waals surface area contributed by atoms with Crippen LogP contribution in [0.15, 0.2) is 12.3 Å². The fourth-order valence-electron chi connectivity index (χ4n) is 2.08. The van der Waals surface area contributed by atoms with Gasteiger partial charge < -0.3 is 10.6 Å². The molecule has 1 unspecified atom stereocenters. The predicted octanol–water partition coefficient (Wildman–Crippen LogP) is 0.582. The van der Waals surface area contributed by atoms with Gasteiger partial charge in [0.05, 0.1) is 11.0 Å². The van der Waals surface area contributed by atoms with Gasteiger partial charge in [-0.2, -0.15) is 0 Å². The van der Waals surface area contributed by atoms with Crippen molar-refractivity contribution in [2.75, 3.05) is 31.1 Å². The highest BCUT2D eigenvalue weighted by Crippen LogP contribution is 2.12. The molecular formula is C12H19N5S. The topological polar surface area (TPSA) is 58.3 Å². The molecule has 1 aromatic heterocycles. The first-order valence-corrected chi connectivity index (χ1v) is 6.56. The minimum Gasteiger partial charge on any atom is -0.392 e. The van der Waals surface area contributed by atoms with E-state index in [1.165, 1.54) is 0 Å². The van der Waals surface area contributed by atoms with Gasteiger partial charge in [0.15, 0.2) is 0 Å². The van der Waals surface area contributed by atoms with Crippen molar-refractivity contribution in [3.05, 3.63) is 18.0 Å². The molecule has 1 fully saturated rings. The van der Waals surface area contributed by atoms with Crippen LogP contribution in [-0.2, 0) is 0 Å². The highest BCUT2D eigenvalue weighted by atomic mass is 32.1. The largest absolute Gasteiger partial charge is 0.392 e. The summed E-state index contributed by atoms with van der Waals surface area (Å²) in [5, 5.41) is 0. The van der Waals surface area contributed by atoms with Gasteiger partial charge in [0.2, 0.25) is 5.95 Å². The van der Waals surface area contributed by atoms with Gasteiger partial charge in [-0.3, -0.25) is 4.90 Å². The average Bonchev–Trinajstić information content (AvgIpc) is 2.38. The molecule has 0 amide bonds. The second kappa shape index (κ2) is 5.58. The van der Waals surface area contributed by atoms with E-state index in [0.717, 1.165) is 37.8 Å². The lowest BCUT2D eigenvalue weighted by molar-refractivity contribution is 0.238. The van der Waals surface area contributed by atoms with Crippen LogP contribution in [-0.4, -0.2) is 52.1 Å². The summed E-state index contributed by atoms with van der Waals surface area (Å²) in [4.78, 5) is 13.8. The molecule has 0 spiro atoms. The number of nitrogens with two attached hydrogens (primary N) is 1. The van der Waals surface area contributed by atoms with E-state index in [4.69, 9.17) is 18.0 Å². The Kier molecular flexibility index (Phi) is 4.08. The Bertz CT molecular complexity index is 428. The molecule has 6 heteroatoms. The van der Waals surface area contributed by atoms with Crippen molar-refractivity contribution in [2.45, 2.75) is 19.9 Å². The van der Waals surface area contributed by atoms with Crippen molar-refractivity contribution < 1.29 is 0 Å². The molecule has 2 N–H and O–H groups in total. The minimum absolute atomic E-state index is 0.167. The van der Waals surface area contributed by atoms with Gasteiger partial charge in [-0.25, -0.2) is 9.97 Å². The number of aromatic nitrogens is 2. The molecule has 2 rings (SSSR count). The number of piperazine rings is 1. The monoisotopic (exact) mass is 265 g/mol. The van der Waals surface area contributed by atoms with E-state index in [0.29, 0.717) is 4.99 Å². The molecule has 0 aliphatic carbocycles. The number of anilines is 1. The van der Waals surface area contributed by atoms with E-state index < -0.39 is 0 Å². The molecule has 1 aliphatic heterocycles. The molecule has 2 heterocycles. The molecule has 0 bridgehead atoms. The molecule has 18 heavy (non-hydrogen) atoms. The number of hydrogen-bond acceptors (Lipinski definition) is 5. The van der Waals surface area contributed by atoms with Gasteiger partial charge in [0, 0.05) is 38.1 Å². The van der Waals surface area contributed by atoms with Crippen LogP contribution in [0.1, 0.15) is 12.6 Å². The van der Waals surface area contributed by atoms with E-state index in [2.05, 4.69) is 26.7 Å². The maximum absolute atomic E-state index is 5.68. The van der Waals surface area contributed by atoms with Crippen LogP contribution in [0.2, 0.25) is 0 Å². The second-order valence-electron chi connectivity index (χ2n) is 4.60. The molecule has 5 nitrogen and oxygen atoms in total. The van der Waals surface area contributed by atoms with Gasteiger partial charge in [-0.1, -0.05) is 12.2 Å². The summed E-state index contributed by atoms with van der Waals surface area (Å²) in [6, 6.07) is 2.08. The standard InChI is InChI=1S/C12H19N5S/c1-9-3-4-14-12(15-9)17-7-5-16(6-8-17)10(2)11(13)18/h3-4,10H,5-8H2,1-2H3,(H2,13,18). The molecule has 0 radical (unpaired) electrons. The van der Waals surface area contributed by atoms with E-state index in [9.17, 15) is 0 Å². The summed E-state index contributed by atoms with van der Waals surface area (Å²) in [5.74, 6) is 0.817. The van der Waals surface area contributed by atoms with Crippen LogP contribution in [0.25, 0.3) is 0 Å². The van der Waals surface area contributed by atoms with Crippen molar-refractivity contribution >= 4 is 23.2 Å². The molecule has 1 atom stereocenters. The lowest BCUT2D eigenvalue weighted by Gasteiger charge is -2.37. The van der Waals surface area contributed by atoms with Gasteiger partial charge >= 0.3 is 0 Å². The number of nitrogens with zero attached hydrogens (tertiary/aromatic N) is 4. The second-order valence-corrected chi connectivity index (χ2v) is 5.07. The van der Waals surface area contributed by atoms with E-state index in [-0.39, 0.29) is 6.04 Å². The average molecular weight is 265 g/mol. The third-order valence-electron chi connectivity index (χ3n) is 3.34. The number of rotatable bonds is 3. The number of hydrogen-bond donors (Lipinski definition) is 1. The first-order valence-electron chi connectivity index (χ1n) is 6.16. The zero-order chi connectivity index (χ0) is 13.1. The Balaban J connectivity index is 1.96. The lowest BCUT2D eigenvalue weighted by atomic mass is 10.2. The first kappa shape index (κ1) is 13.2. The fraction of sp³-hybridized carbons (Fsp3) is 0.583. The van der Waals surface area contributed by atoms with E-state index >= 15 is 0 Å². The summed E-state index contributed by atoms with van der Waals surface area (Å²) in [6.45, 7) is 7.75. The lowest BCUT2D eigenvalue weighted by Crippen LogP contribution is -2.53. The third-order valence-corrected chi connectivity index (χ3v) is 3.68. The van der Waals surface area contributed by atoms with Crippen molar-refractivity contribution in [3.63, 3.8) is 0 Å². The normalized spacial score (nSPS) is 18.7. The van der Waals surface area contributed by atoms with Crippen LogP contribution in [0, 0.1) is 6.92 Å². The Morgan fingerprint density at radius 2 is 2.06 bits per heavy atom. The van der Waals surface area contributed by atoms with Crippen molar-refractivity contribution in [1.29, 1.82) is 0 Å². The van der Waals surface area contributed by atoms with Crippen LogP contribution in [0.5, 0.6) is 0 Å². The van der Waals surface area contributed by atoms with Crippen LogP contribution < -0.4 is 10.6 Å². The van der Waals surface area contributed by atoms with Crippen LogP contribution in [0.3, 0.4) is 0 Å². The molecule has 0 aromatic carbocycles. The smallest absolute Gasteiger partial charge is 0.225 e. The first-order chi connectivity index (χ1) is 8.58. The van der Waals surface area contributed by atoms with E-state index in [1.54, 1.807) is 0 Å². The Morgan fingerprint density at radius 1 is 1.39 bits per heavy atom. The maximum atomic E-state index is 5.68. The minimum atomic E-state index is 0.167. The summed E-state index contributed by atoms with van der Waals surface area (Å²) in [7, 11) is 0. The summed E-state index contributed by atoms with van der Waals surface area (Å²) < 4.78 is 0. The fourth-order valence-corrected chi connectivity index (χ4v) is 2.23. The molecular weight excluding hydrogens is 246 g/mol. The van der Waals surface area contributed by atoms with Crippen molar-refractivity contribution in [1.82, 2.24) is 14.9 Å². The van der Waals surface area contributed by atoms with Crippen LogP contribution >= 0.6 is 12.2 Å². The zero-order valence-electron chi connectivity index (χ0n) is 10.8. The third kappa shape index (κ3) is 2.94. The van der Waals surface area contributed by atoms with E-state index in [1.807, 2.05) is 19.2 Å². The Morgan fingerprint density at radius 3 is 2.61 bits per heavy atom. The predicted molar refractivity (Wildman–Crippen MR) is 76.8 cm³/mol. The molecule has 1 aliphatic rings. The van der Waals surface area contributed by atoms with Gasteiger partial charge in [0.25, 0.3) is 0 Å². The zero-order valence-corrected chi connectivity index (χ0v) is 11.7. The van der Waals surface area contributed by atoms with Gasteiger partial charge in [0.1, 0.15) is 0 Å².